The van der Waals surface area contributed by atoms with Gasteiger partial charge in [0.15, 0.2) is 0 Å². The Morgan fingerprint density at radius 1 is 0.957 bits per heavy atom. The fourth-order valence-corrected chi connectivity index (χ4v) is 2.51. The second-order valence-corrected chi connectivity index (χ2v) is 5.57. The van der Waals surface area contributed by atoms with Crippen molar-refractivity contribution in [1.82, 2.24) is 5.01 Å². The minimum absolute atomic E-state index is 0.561. The third-order valence-corrected chi connectivity index (χ3v) is 3.91. The lowest BCUT2D eigenvalue weighted by molar-refractivity contribution is 0.305. The van der Waals surface area contributed by atoms with Crippen LogP contribution in [0.2, 0.25) is 0 Å². The molecule has 0 unspecified atom stereocenters. The zero-order valence-corrected chi connectivity index (χ0v) is 13.4. The van der Waals surface area contributed by atoms with Gasteiger partial charge in [-0.25, -0.2) is 0 Å². The Morgan fingerprint density at radius 2 is 1.65 bits per heavy atom. The van der Waals surface area contributed by atoms with Crippen LogP contribution < -0.4 is 9.47 Å². The average molecular weight is 310 g/mol. The number of methoxy groups -OCH3 is 1. The van der Waals surface area contributed by atoms with Crippen molar-refractivity contribution in [2.24, 2.45) is 5.10 Å². The van der Waals surface area contributed by atoms with Crippen molar-refractivity contribution < 1.29 is 9.47 Å². The molecule has 1 heterocycles. The predicted octanol–water partition coefficient (Wildman–Crippen LogP) is 3.51. The van der Waals surface area contributed by atoms with Crippen molar-refractivity contribution in [3.8, 4) is 11.5 Å². The lowest BCUT2D eigenvalue weighted by Gasteiger charge is -2.13. The molecule has 0 radical (unpaired) electrons. The molecule has 0 amide bonds. The number of nitrogens with zero attached hydrogens (tertiary/aromatic N) is 2. The molecule has 4 heteroatoms. The van der Waals surface area contributed by atoms with Gasteiger partial charge in [-0.15, -0.1) is 0 Å². The minimum atomic E-state index is 0.561. The highest BCUT2D eigenvalue weighted by Crippen LogP contribution is 2.17. The number of ether oxygens (including phenoxy) is 2. The summed E-state index contributed by atoms with van der Waals surface area (Å²) in [6, 6.07) is 16.3. The van der Waals surface area contributed by atoms with Gasteiger partial charge in [-0.05, 0) is 41.8 Å². The van der Waals surface area contributed by atoms with Gasteiger partial charge < -0.3 is 9.47 Å². The normalized spacial score (nSPS) is 13.3. The van der Waals surface area contributed by atoms with E-state index in [1.807, 2.05) is 42.6 Å². The first-order valence-corrected chi connectivity index (χ1v) is 7.95. The number of hydrazone groups is 1. The quantitative estimate of drug-likeness (QED) is 0.785. The van der Waals surface area contributed by atoms with E-state index in [0.717, 1.165) is 43.0 Å². The molecule has 23 heavy (non-hydrogen) atoms. The van der Waals surface area contributed by atoms with Gasteiger partial charge in [0.05, 0.1) is 7.11 Å². The van der Waals surface area contributed by atoms with Gasteiger partial charge in [0.1, 0.15) is 18.1 Å². The molecule has 0 aliphatic carbocycles. The van der Waals surface area contributed by atoms with Crippen molar-refractivity contribution in [3.63, 3.8) is 0 Å². The first-order valence-electron chi connectivity index (χ1n) is 7.95. The van der Waals surface area contributed by atoms with Gasteiger partial charge in [0.25, 0.3) is 0 Å². The van der Waals surface area contributed by atoms with E-state index < -0.39 is 0 Å². The van der Waals surface area contributed by atoms with Crippen molar-refractivity contribution in [3.05, 3.63) is 59.7 Å². The Kier molecular flexibility index (Phi) is 5.14. The van der Waals surface area contributed by atoms with E-state index in [1.165, 1.54) is 5.56 Å². The van der Waals surface area contributed by atoms with E-state index in [4.69, 9.17) is 9.47 Å². The molecule has 0 saturated carbocycles. The maximum Gasteiger partial charge on any atom is 0.119 e. The molecule has 0 saturated heterocycles. The zero-order chi connectivity index (χ0) is 15.9. The van der Waals surface area contributed by atoms with E-state index in [1.54, 1.807) is 7.11 Å². The molecule has 0 atom stereocenters. The summed E-state index contributed by atoms with van der Waals surface area (Å²) in [5.74, 6) is 1.75. The van der Waals surface area contributed by atoms with Gasteiger partial charge in [0.2, 0.25) is 0 Å². The van der Waals surface area contributed by atoms with E-state index in [-0.39, 0.29) is 0 Å². The summed E-state index contributed by atoms with van der Waals surface area (Å²) in [6.07, 6.45) is 4.06. The summed E-state index contributed by atoms with van der Waals surface area (Å²) < 4.78 is 11.0. The van der Waals surface area contributed by atoms with Gasteiger partial charge in [-0.3, -0.25) is 5.01 Å². The predicted molar refractivity (Wildman–Crippen MR) is 92.2 cm³/mol. The van der Waals surface area contributed by atoms with Crippen LogP contribution in [0.5, 0.6) is 11.5 Å². The SMILES string of the molecule is COc1ccc(COc2ccc(CCN3CCC=N3)cc2)cc1. The van der Waals surface area contributed by atoms with E-state index in [0.29, 0.717) is 6.61 Å². The second kappa shape index (κ2) is 7.68. The van der Waals surface area contributed by atoms with Gasteiger partial charge >= 0.3 is 0 Å². The van der Waals surface area contributed by atoms with Crippen molar-refractivity contribution in [2.75, 3.05) is 20.2 Å². The standard InChI is InChI=1S/C19H22N2O2/c1-22-18-7-5-17(6-8-18)15-23-19-9-3-16(4-10-19)11-14-21-13-2-12-20-21/h3-10,12H,2,11,13-15H2,1H3. The molecule has 2 aromatic rings. The lowest BCUT2D eigenvalue weighted by Crippen LogP contribution is -2.17. The first-order chi connectivity index (χ1) is 11.3. The Hall–Kier alpha value is -2.49. The Balaban J connectivity index is 1.47. The molecule has 3 rings (SSSR count). The summed E-state index contributed by atoms with van der Waals surface area (Å²) in [4.78, 5) is 0. The molecule has 1 aliphatic rings. The summed E-state index contributed by atoms with van der Waals surface area (Å²) in [5, 5.41) is 6.44. The van der Waals surface area contributed by atoms with Crippen LogP contribution in [0.3, 0.4) is 0 Å². The molecule has 2 aromatic carbocycles. The van der Waals surface area contributed by atoms with Crippen LogP contribution in [-0.4, -0.2) is 31.4 Å². The lowest BCUT2D eigenvalue weighted by atomic mass is 10.1. The molecular weight excluding hydrogens is 288 g/mol. The fraction of sp³-hybridized carbons (Fsp3) is 0.316. The van der Waals surface area contributed by atoms with Crippen LogP contribution in [0, 0.1) is 0 Å². The van der Waals surface area contributed by atoms with Crippen molar-refractivity contribution >= 4 is 6.21 Å². The van der Waals surface area contributed by atoms with Gasteiger partial charge in [-0.1, -0.05) is 24.3 Å². The molecule has 4 nitrogen and oxygen atoms in total. The highest BCUT2D eigenvalue weighted by Gasteiger charge is 2.05. The van der Waals surface area contributed by atoms with Crippen LogP contribution in [0.25, 0.3) is 0 Å². The molecule has 0 aromatic heterocycles. The molecule has 0 spiro atoms. The van der Waals surface area contributed by atoms with E-state index in [9.17, 15) is 0 Å². The molecule has 0 fully saturated rings. The highest BCUT2D eigenvalue weighted by atomic mass is 16.5. The molecule has 120 valence electrons. The number of benzene rings is 2. The smallest absolute Gasteiger partial charge is 0.119 e. The monoisotopic (exact) mass is 310 g/mol. The summed E-state index contributed by atoms with van der Waals surface area (Å²) in [7, 11) is 1.67. The summed E-state index contributed by atoms with van der Waals surface area (Å²) in [6.45, 7) is 2.58. The third kappa shape index (κ3) is 4.49. The Labute approximate surface area is 137 Å². The van der Waals surface area contributed by atoms with Crippen LogP contribution in [0.4, 0.5) is 0 Å². The Morgan fingerprint density at radius 3 is 2.30 bits per heavy atom. The first kappa shape index (κ1) is 15.4. The Bertz CT molecular complexity index is 635. The second-order valence-electron chi connectivity index (χ2n) is 5.57. The highest BCUT2D eigenvalue weighted by molar-refractivity contribution is 5.58. The number of hydrogen-bond acceptors (Lipinski definition) is 4. The van der Waals surface area contributed by atoms with E-state index >= 15 is 0 Å². The maximum absolute atomic E-state index is 5.82. The average Bonchev–Trinajstić information content (AvgIpc) is 3.13. The molecule has 0 bridgehead atoms. The molecule has 1 aliphatic heterocycles. The fourth-order valence-electron chi connectivity index (χ4n) is 2.51. The zero-order valence-electron chi connectivity index (χ0n) is 13.4. The van der Waals surface area contributed by atoms with Crippen LogP contribution in [0.1, 0.15) is 17.5 Å². The van der Waals surface area contributed by atoms with Crippen LogP contribution >= 0.6 is 0 Å². The molecule has 0 N–H and O–H groups in total. The third-order valence-electron chi connectivity index (χ3n) is 3.91. The van der Waals surface area contributed by atoms with Crippen molar-refractivity contribution in [2.45, 2.75) is 19.4 Å². The largest absolute Gasteiger partial charge is 0.497 e. The summed E-state index contributed by atoms with van der Waals surface area (Å²) in [5.41, 5.74) is 2.44. The topological polar surface area (TPSA) is 34.1 Å². The van der Waals surface area contributed by atoms with E-state index in [2.05, 4.69) is 22.2 Å². The van der Waals surface area contributed by atoms with Gasteiger partial charge in [0, 0.05) is 25.7 Å². The van der Waals surface area contributed by atoms with Gasteiger partial charge in [-0.2, -0.15) is 5.10 Å². The van der Waals surface area contributed by atoms with Crippen LogP contribution in [-0.2, 0) is 13.0 Å². The van der Waals surface area contributed by atoms with Crippen molar-refractivity contribution in [1.29, 1.82) is 0 Å². The number of hydrogen-bond donors (Lipinski definition) is 0. The maximum atomic E-state index is 5.82. The number of rotatable bonds is 7. The minimum Gasteiger partial charge on any atom is -0.497 e. The molecular formula is C19H22N2O2. The van der Waals surface area contributed by atoms with Crippen LogP contribution in [0.15, 0.2) is 53.6 Å². The summed E-state index contributed by atoms with van der Waals surface area (Å²) >= 11 is 0.